The van der Waals surface area contributed by atoms with Crippen LogP contribution >= 0.6 is 11.6 Å². The molecule has 12 heavy (non-hydrogen) atoms. The van der Waals surface area contributed by atoms with Crippen molar-refractivity contribution in [3.8, 4) is 5.75 Å². The number of carbonyl (C=O) groups excluding carboxylic acids is 1. The summed E-state index contributed by atoms with van der Waals surface area (Å²) in [7, 11) is 0. The molecule has 1 aromatic rings. The van der Waals surface area contributed by atoms with E-state index in [1.54, 1.807) is 0 Å². The van der Waals surface area contributed by atoms with Gasteiger partial charge in [-0.3, -0.25) is 4.79 Å². The van der Waals surface area contributed by atoms with Gasteiger partial charge in [0.2, 0.25) is 0 Å². The molecule has 0 aliphatic carbocycles. The molecular formula is C8H6ClFO2. The third kappa shape index (κ3) is 1.28. The highest BCUT2D eigenvalue weighted by Crippen LogP contribution is 2.28. The van der Waals surface area contributed by atoms with Crippen molar-refractivity contribution in [2.45, 2.75) is 6.92 Å². The predicted octanol–water partition coefficient (Wildman–Crippen LogP) is 2.31. The molecule has 0 saturated heterocycles. The Morgan fingerprint density at radius 1 is 1.67 bits per heavy atom. The van der Waals surface area contributed by atoms with E-state index in [2.05, 4.69) is 0 Å². The first-order valence-electron chi connectivity index (χ1n) is 3.20. The molecule has 0 spiro atoms. The summed E-state index contributed by atoms with van der Waals surface area (Å²) in [5.74, 6) is -1.53. The fourth-order valence-electron chi connectivity index (χ4n) is 0.867. The predicted molar refractivity (Wildman–Crippen MR) is 43.2 cm³/mol. The van der Waals surface area contributed by atoms with Crippen molar-refractivity contribution in [2.75, 3.05) is 0 Å². The molecule has 0 heterocycles. The number of phenols is 1. The van der Waals surface area contributed by atoms with Gasteiger partial charge in [0.15, 0.2) is 17.9 Å². The highest BCUT2D eigenvalue weighted by molar-refractivity contribution is 6.31. The van der Waals surface area contributed by atoms with Gasteiger partial charge in [0.25, 0.3) is 0 Å². The lowest BCUT2D eigenvalue weighted by Crippen LogP contribution is -1.91. The molecule has 2 nitrogen and oxygen atoms in total. The second-order valence-corrected chi connectivity index (χ2v) is 2.75. The van der Waals surface area contributed by atoms with Crippen molar-refractivity contribution in [1.82, 2.24) is 0 Å². The average molecular weight is 189 g/mol. The smallest absolute Gasteiger partial charge is 0.167 e. The Hall–Kier alpha value is -1.09. The average Bonchev–Trinajstić information content (AvgIpc) is 2.02. The quantitative estimate of drug-likeness (QED) is 0.687. The van der Waals surface area contributed by atoms with Gasteiger partial charge in [0.05, 0.1) is 5.56 Å². The molecule has 0 radical (unpaired) electrons. The van der Waals surface area contributed by atoms with E-state index in [-0.39, 0.29) is 10.6 Å². The number of hydrogen-bond acceptors (Lipinski definition) is 2. The van der Waals surface area contributed by atoms with E-state index in [9.17, 15) is 9.18 Å². The van der Waals surface area contributed by atoms with Gasteiger partial charge < -0.3 is 5.11 Å². The largest absolute Gasteiger partial charge is 0.504 e. The normalized spacial score (nSPS) is 9.92. The first kappa shape index (κ1) is 9.00. The van der Waals surface area contributed by atoms with Crippen LogP contribution in [0.2, 0.25) is 5.02 Å². The summed E-state index contributed by atoms with van der Waals surface area (Å²) in [6, 6.07) is 0.971. The minimum Gasteiger partial charge on any atom is -0.504 e. The lowest BCUT2D eigenvalue weighted by Gasteiger charge is -2.04. The summed E-state index contributed by atoms with van der Waals surface area (Å²) in [5.41, 5.74) is 0.283. The Labute approximate surface area is 73.6 Å². The van der Waals surface area contributed by atoms with Crippen LogP contribution in [0.1, 0.15) is 15.9 Å². The Morgan fingerprint density at radius 2 is 2.25 bits per heavy atom. The lowest BCUT2D eigenvalue weighted by molar-refractivity contribution is 0.111. The standard InChI is InChI=1S/C8H6ClFO2/c1-4-5(3-11)8(12)7(10)2-6(4)9/h2-3,12H,1H3. The van der Waals surface area contributed by atoms with Crippen LogP contribution in [0.25, 0.3) is 0 Å². The first-order chi connectivity index (χ1) is 5.57. The third-order valence-corrected chi connectivity index (χ3v) is 2.01. The van der Waals surface area contributed by atoms with Crippen LogP contribution in [0.3, 0.4) is 0 Å². The van der Waals surface area contributed by atoms with Gasteiger partial charge in [-0.05, 0) is 18.6 Å². The van der Waals surface area contributed by atoms with E-state index >= 15 is 0 Å². The highest BCUT2D eigenvalue weighted by Gasteiger charge is 2.12. The molecule has 1 rings (SSSR count). The fourth-order valence-corrected chi connectivity index (χ4v) is 1.06. The Morgan fingerprint density at radius 3 is 2.75 bits per heavy atom. The molecule has 1 aromatic carbocycles. The maximum absolute atomic E-state index is 12.7. The molecule has 0 bridgehead atoms. The highest BCUT2D eigenvalue weighted by atomic mass is 35.5. The van der Waals surface area contributed by atoms with E-state index in [1.165, 1.54) is 6.92 Å². The molecule has 64 valence electrons. The van der Waals surface area contributed by atoms with Crippen molar-refractivity contribution < 1.29 is 14.3 Å². The summed E-state index contributed by atoms with van der Waals surface area (Å²) in [6.07, 6.45) is 0.375. The molecule has 0 unspecified atom stereocenters. The van der Waals surface area contributed by atoms with Crippen molar-refractivity contribution >= 4 is 17.9 Å². The monoisotopic (exact) mass is 188 g/mol. The minimum absolute atomic E-state index is 0.0972. The van der Waals surface area contributed by atoms with Gasteiger partial charge in [0, 0.05) is 5.02 Å². The molecule has 4 heteroatoms. The maximum Gasteiger partial charge on any atom is 0.167 e. The second-order valence-electron chi connectivity index (χ2n) is 2.35. The number of rotatable bonds is 1. The van der Waals surface area contributed by atoms with E-state index < -0.39 is 11.6 Å². The van der Waals surface area contributed by atoms with Gasteiger partial charge in [-0.1, -0.05) is 11.6 Å². The topological polar surface area (TPSA) is 37.3 Å². The summed E-state index contributed by atoms with van der Waals surface area (Å²) >= 11 is 5.56. The van der Waals surface area contributed by atoms with Crippen LogP contribution < -0.4 is 0 Å². The number of aldehydes is 1. The number of phenolic OH excluding ortho intramolecular Hbond substituents is 1. The molecule has 0 saturated carbocycles. The van der Waals surface area contributed by atoms with Crippen molar-refractivity contribution in [2.24, 2.45) is 0 Å². The van der Waals surface area contributed by atoms with E-state index in [1.807, 2.05) is 0 Å². The lowest BCUT2D eigenvalue weighted by atomic mass is 10.1. The van der Waals surface area contributed by atoms with Crippen LogP contribution in [0.15, 0.2) is 6.07 Å². The molecule has 0 aromatic heterocycles. The van der Waals surface area contributed by atoms with Crippen molar-refractivity contribution in [3.63, 3.8) is 0 Å². The van der Waals surface area contributed by atoms with Crippen molar-refractivity contribution in [1.29, 1.82) is 0 Å². The number of aromatic hydroxyl groups is 1. The molecule has 0 aliphatic heterocycles. The summed E-state index contributed by atoms with van der Waals surface area (Å²) in [5, 5.41) is 9.17. The number of benzene rings is 1. The van der Waals surface area contributed by atoms with Gasteiger partial charge in [-0.15, -0.1) is 0 Å². The number of hydrogen-bond donors (Lipinski definition) is 1. The summed E-state index contributed by atoms with van der Waals surface area (Å²) in [4.78, 5) is 10.4. The molecule has 1 N–H and O–H groups in total. The Kier molecular flexibility index (Phi) is 2.33. The van der Waals surface area contributed by atoms with Crippen LogP contribution in [0.4, 0.5) is 4.39 Å². The molecular weight excluding hydrogens is 183 g/mol. The Bertz CT molecular complexity index is 310. The van der Waals surface area contributed by atoms with Crippen LogP contribution in [-0.2, 0) is 0 Å². The van der Waals surface area contributed by atoms with Gasteiger partial charge in [-0.25, -0.2) is 4.39 Å². The molecule has 0 aliphatic rings. The fraction of sp³-hybridized carbons (Fsp3) is 0.125. The summed E-state index contributed by atoms with van der Waals surface area (Å²) in [6.45, 7) is 1.53. The zero-order chi connectivity index (χ0) is 9.30. The van der Waals surface area contributed by atoms with Crippen molar-refractivity contribution in [3.05, 3.63) is 28.0 Å². The summed E-state index contributed by atoms with van der Waals surface area (Å²) < 4.78 is 12.7. The zero-order valence-corrected chi connectivity index (χ0v) is 7.02. The third-order valence-electron chi connectivity index (χ3n) is 1.61. The molecule has 0 amide bonds. The first-order valence-corrected chi connectivity index (χ1v) is 3.58. The minimum atomic E-state index is -0.882. The zero-order valence-electron chi connectivity index (χ0n) is 6.27. The molecule has 0 fully saturated rings. The Balaban J connectivity index is 3.52. The number of halogens is 2. The van der Waals surface area contributed by atoms with E-state index in [0.717, 1.165) is 6.07 Å². The SMILES string of the molecule is Cc1c(Cl)cc(F)c(O)c1C=O. The van der Waals surface area contributed by atoms with E-state index in [4.69, 9.17) is 16.7 Å². The van der Waals surface area contributed by atoms with Crippen LogP contribution in [-0.4, -0.2) is 11.4 Å². The number of carbonyl (C=O) groups is 1. The van der Waals surface area contributed by atoms with E-state index in [0.29, 0.717) is 11.8 Å². The maximum atomic E-state index is 12.7. The second kappa shape index (κ2) is 3.11. The van der Waals surface area contributed by atoms with Gasteiger partial charge in [0.1, 0.15) is 0 Å². The van der Waals surface area contributed by atoms with Crippen LogP contribution in [0, 0.1) is 12.7 Å². The molecule has 0 atom stereocenters. The van der Waals surface area contributed by atoms with Crippen LogP contribution in [0.5, 0.6) is 5.75 Å². The van der Waals surface area contributed by atoms with Gasteiger partial charge >= 0.3 is 0 Å². The van der Waals surface area contributed by atoms with Gasteiger partial charge in [-0.2, -0.15) is 0 Å².